The first-order valence-electron chi connectivity index (χ1n) is 12.2. The first kappa shape index (κ1) is 23.7. The van der Waals surface area contributed by atoms with Gasteiger partial charge in [-0.15, -0.1) is 0 Å². The first-order valence-corrected chi connectivity index (χ1v) is 12.2. The number of carbonyl (C=O) groups is 2. The highest BCUT2D eigenvalue weighted by Gasteiger charge is 2.46. The van der Waals surface area contributed by atoms with Crippen LogP contribution < -0.4 is 10.1 Å². The van der Waals surface area contributed by atoms with E-state index in [-0.39, 0.29) is 43.0 Å². The molecule has 2 fully saturated rings. The number of nitrogens with zero attached hydrogens (tertiary/aromatic N) is 3. The zero-order chi connectivity index (χ0) is 24.4. The van der Waals surface area contributed by atoms with Crippen molar-refractivity contribution in [3.8, 4) is 5.75 Å². The summed E-state index contributed by atoms with van der Waals surface area (Å²) in [6.45, 7) is 3.03. The van der Waals surface area contributed by atoms with Crippen LogP contribution in [0.5, 0.6) is 5.75 Å². The van der Waals surface area contributed by atoms with Crippen LogP contribution in [0.4, 0.5) is 5.69 Å². The Labute approximate surface area is 205 Å². The number of aliphatic hydroxyl groups is 1. The van der Waals surface area contributed by atoms with Gasteiger partial charge in [-0.1, -0.05) is 0 Å². The van der Waals surface area contributed by atoms with E-state index in [0.29, 0.717) is 18.5 Å². The first-order chi connectivity index (χ1) is 17.0. The van der Waals surface area contributed by atoms with Gasteiger partial charge in [0.15, 0.2) is 0 Å². The van der Waals surface area contributed by atoms with Crippen LogP contribution >= 0.6 is 0 Å². The van der Waals surface area contributed by atoms with Gasteiger partial charge in [0.05, 0.1) is 25.6 Å². The number of ether oxygens (including phenoxy) is 2. The van der Waals surface area contributed by atoms with Crippen molar-refractivity contribution in [2.24, 2.45) is 0 Å². The molecule has 0 saturated carbocycles. The third-order valence-electron chi connectivity index (χ3n) is 7.16. The Morgan fingerprint density at radius 3 is 2.66 bits per heavy atom. The Morgan fingerprint density at radius 2 is 1.91 bits per heavy atom. The molecule has 2 aromatic rings. The molecule has 5 rings (SSSR count). The van der Waals surface area contributed by atoms with E-state index in [4.69, 9.17) is 9.47 Å². The van der Waals surface area contributed by atoms with Gasteiger partial charge >= 0.3 is 0 Å². The lowest BCUT2D eigenvalue weighted by Crippen LogP contribution is -2.50. The summed E-state index contributed by atoms with van der Waals surface area (Å²) < 4.78 is 12.3. The van der Waals surface area contributed by atoms with Crippen LogP contribution in [0.3, 0.4) is 0 Å². The van der Waals surface area contributed by atoms with Crippen LogP contribution in [-0.2, 0) is 20.7 Å². The van der Waals surface area contributed by atoms with E-state index < -0.39 is 6.10 Å². The second-order valence-electron chi connectivity index (χ2n) is 9.62. The lowest BCUT2D eigenvalue weighted by atomic mass is 9.84. The van der Waals surface area contributed by atoms with Gasteiger partial charge in [-0.05, 0) is 49.4 Å². The Kier molecular flexibility index (Phi) is 6.99. The van der Waals surface area contributed by atoms with Gasteiger partial charge in [-0.25, -0.2) is 0 Å². The smallest absolute Gasteiger partial charge is 0.228 e. The monoisotopic (exact) mass is 480 g/mol. The van der Waals surface area contributed by atoms with Gasteiger partial charge in [-0.2, -0.15) is 0 Å². The Hall–Kier alpha value is -3.01. The topological polar surface area (TPSA) is 104 Å². The number of fused-ring (bicyclic) bond motifs is 3. The van der Waals surface area contributed by atoms with Gasteiger partial charge < -0.3 is 29.7 Å². The fourth-order valence-corrected chi connectivity index (χ4v) is 5.24. The highest BCUT2D eigenvalue weighted by molar-refractivity contribution is 5.92. The molecular weight excluding hydrogens is 448 g/mol. The number of piperazine rings is 1. The van der Waals surface area contributed by atoms with Crippen molar-refractivity contribution >= 4 is 17.5 Å². The maximum atomic E-state index is 12.9. The van der Waals surface area contributed by atoms with E-state index in [1.165, 1.54) is 0 Å². The fraction of sp³-hybridized carbons (Fsp3) is 0.500. The average Bonchev–Trinajstić information content (AvgIpc) is 3.22. The van der Waals surface area contributed by atoms with Gasteiger partial charge in [0.25, 0.3) is 0 Å². The number of likely N-dealkylation sites (N-methyl/N-ethyl adjacent to an activating group) is 1. The van der Waals surface area contributed by atoms with Gasteiger partial charge in [0.2, 0.25) is 11.8 Å². The SMILES string of the molecule is CN1CCN(C(=O)C[C@H]2C[C@@H]3c4cc(NC(=O)Cc5ccncc5)ccc4O[C@@H]3[C@@H](CO)O2)CC1. The number of nitrogens with one attached hydrogen (secondary N) is 1. The van der Waals surface area contributed by atoms with E-state index >= 15 is 0 Å². The lowest BCUT2D eigenvalue weighted by molar-refractivity contribution is -0.150. The van der Waals surface area contributed by atoms with E-state index in [0.717, 1.165) is 43.1 Å². The number of aliphatic hydroxyl groups excluding tert-OH is 1. The molecule has 0 bridgehead atoms. The van der Waals surface area contributed by atoms with Crippen LogP contribution in [0.25, 0.3) is 0 Å². The standard InChI is InChI=1S/C26H32N4O5/c1-29-8-10-30(11-9-29)25(33)15-19-14-21-20-13-18(28-24(32)12-17-4-6-27-7-5-17)2-3-22(20)35-26(21)23(16-31)34-19/h2-7,13,19,21,23,26,31H,8-12,14-16H2,1H3,(H,28,32)/t19-,21-,23-,26+/m1/s1. The molecule has 3 aliphatic heterocycles. The van der Waals surface area contributed by atoms with E-state index in [1.54, 1.807) is 12.4 Å². The molecular formula is C26H32N4O5. The minimum Gasteiger partial charge on any atom is -0.487 e. The molecule has 4 atom stereocenters. The Bertz CT molecular complexity index is 1060. The predicted molar refractivity (Wildman–Crippen MR) is 129 cm³/mol. The molecule has 0 aliphatic carbocycles. The number of anilines is 1. The third-order valence-corrected chi connectivity index (χ3v) is 7.16. The maximum absolute atomic E-state index is 12.9. The number of benzene rings is 1. The Balaban J connectivity index is 1.26. The van der Waals surface area contributed by atoms with Crippen molar-refractivity contribution in [3.63, 3.8) is 0 Å². The normalized spacial score (nSPS) is 25.9. The average molecular weight is 481 g/mol. The number of rotatable bonds is 6. The number of carbonyl (C=O) groups excluding carboxylic acids is 2. The largest absolute Gasteiger partial charge is 0.487 e. The number of aromatic nitrogens is 1. The molecule has 2 N–H and O–H groups in total. The highest BCUT2D eigenvalue weighted by atomic mass is 16.6. The molecule has 2 amide bonds. The molecule has 1 aromatic carbocycles. The fourth-order valence-electron chi connectivity index (χ4n) is 5.24. The molecule has 1 aromatic heterocycles. The van der Waals surface area contributed by atoms with Crippen molar-refractivity contribution in [2.75, 3.05) is 45.2 Å². The maximum Gasteiger partial charge on any atom is 0.228 e. The zero-order valence-corrected chi connectivity index (χ0v) is 19.9. The summed E-state index contributed by atoms with van der Waals surface area (Å²) in [7, 11) is 2.06. The summed E-state index contributed by atoms with van der Waals surface area (Å²) in [5.41, 5.74) is 2.57. The summed E-state index contributed by atoms with van der Waals surface area (Å²) in [4.78, 5) is 33.6. The zero-order valence-electron chi connectivity index (χ0n) is 19.9. The molecule has 9 heteroatoms. The van der Waals surface area contributed by atoms with Crippen molar-refractivity contribution < 1.29 is 24.2 Å². The summed E-state index contributed by atoms with van der Waals surface area (Å²) in [6, 6.07) is 9.27. The van der Waals surface area contributed by atoms with Crippen molar-refractivity contribution in [2.45, 2.75) is 43.5 Å². The van der Waals surface area contributed by atoms with E-state index in [9.17, 15) is 14.7 Å². The summed E-state index contributed by atoms with van der Waals surface area (Å²) in [5.74, 6) is 0.704. The van der Waals surface area contributed by atoms with Gasteiger partial charge in [-0.3, -0.25) is 14.6 Å². The third kappa shape index (κ3) is 5.32. The van der Waals surface area contributed by atoms with E-state index in [1.807, 2.05) is 35.2 Å². The number of pyridine rings is 1. The Morgan fingerprint density at radius 1 is 1.14 bits per heavy atom. The molecule has 9 nitrogen and oxygen atoms in total. The van der Waals surface area contributed by atoms with Crippen LogP contribution in [0.2, 0.25) is 0 Å². The van der Waals surface area contributed by atoms with Crippen LogP contribution in [0.15, 0.2) is 42.7 Å². The lowest BCUT2D eigenvalue weighted by Gasteiger charge is -2.38. The second-order valence-corrected chi connectivity index (χ2v) is 9.62. The molecule has 3 aliphatic rings. The second kappa shape index (κ2) is 10.3. The predicted octanol–water partition coefficient (Wildman–Crippen LogP) is 1.42. The minimum atomic E-state index is -0.504. The molecule has 0 unspecified atom stereocenters. The molecule has 4 heterocycles. The minimum absolute atomic E-state index is 0.0155. The molecule has 35 heavy (non-hydrogen) atoms. The van der Waals surface area contributed by atoms with Crippen LogP contribution in [0, 0.1) is 0 Å². The van der Waals surface area contributed by atoms with E-state index in [2.05, 4.69) is 22.2 Å². The summed E-state index contributed by atoms with van der Waals surface area (Å²) >= 11 is 0. The van der Waals surface area contributed by atoms with Crippen LogP contribution in [0.1, 0.15) is 29.9 Å². The number of hydrogen-bond acceptors (Lipinski definition) is 7. The highest BCUT2D eigenvalue weighted by Crippen LogP contribution is 2.47. The quantitative estimate of drug-likeness (QED) is 0.645. The van der Waals surface area contributed by atoms with Crippen LogP contribution in [-0.4, -0.2) is 89.9 Å². The van der Waals surface area contributed by atoms with Crippen molar-refractivity contribution in [1.29, 1.82) is 0 Å². The molecule has 0 spiro atoms. The molecule has 2 saturated heterocycles. The molecule has 0 radical (unpaired) electrons. The van der Waals surface area contributed by atoms with Gasteiger partial charge in [0.1, 0.15) is 18.0 Å². The summed E-state index contributed by atoms with van der Waals surface area (Å²) in [6.07, 6.45) is 3.41. The van der Waals surface area contributed by atoms with Crippen molar-refractivity contribution in [3.05, 3.63) is 53.9 Å². The molecule has 186 valence electrons. The summed E-state index contributed by atoms with van der Waals surface area (Å²) in [5, 5.41) is 13.0. The van der Waals surface area contributed by atoms with Crippen molar-refractivity contribution in [1.82, 2.24) is 14.8 Å². The number of hydrogen-bond donors (Lipinski definition) is 2. The number of amides is 2. The van der Waals surface area contributed by atoms with Gasteiger partial charge in [0, 0.05) is 55.7 Å².